The second-order valence-electron chi connectivity index (χ2n) is 5.05. The number of allylic oxidation sites excluding steroid dienone is 1. The summed E-state index contributed by atoms with van der Waals surface area (Å²) < 4.78 is 0. The molecule has 102 valence electrons. The molecule has 3 nitrogen and oxygen atoms in total. The highest BCUT2D eigenvalue weighted by molar-refractivity contribution is 5.83. The Balaban J connectivity index is 2.23. The van der Waals surface area contributed by atoms with Gasteiger partial charge in [-0.05, 0) is 39.3 Å². The summed E-state index contributed by atoms with van der Waals surface area (Å²) in [5, 5.41) is 3.48. The molecule has 1 aliphatic heterocycles. The Kier molecular flexibility index (Phi) is 6.69. The highest BCUT2D eigenvalue weighted by atomic mass is 15.1. The molecule has 0 aromatic carbocycles. The average Bonchev–Trinajstić information content (AvgIpc) is 2.85. The first kappa shape index (κ1) is 14.9. The van der Waals surface area contributed by atoms with Crippen LogP contribution in [0.2, 0.25) is 0 Å². The van der Waals surface area contributed by atoms with Gasteiger partial charge in [-0.3, -0.25) is 9.98 Å². The van der Waals surface area contributed by atoms with Gasteiger partial charge >= 0.3 is 0 Å². The van der Waals surface area contributed by atoms with E-state index in [1.807, 2.05) is 0 Å². The lowest BCUT2D eigenvalue weighted by Gasteiger charge is -2.12. The summed E-state index contributed by atoms with van der Waals surface area (Å²) in [6, 6.07) is 0.933. The molecule has 0 amide bonds. The molecule has 1 rings (SSSR count). The minimum absolute atomic E-state index is 0.389. The normalized spacial score (nSPS) is 21.4. The molecule has 0 spiro atoms. The Hall–Kier alpha value is -1.12. The molecule has 2 unspecified atom stereocenters. The highest BCUT2D eigenvalue weighted by Crippen LogP contribution is 2.13. The fourth-order valence-electron chi connectivity index (χ4n) is 2.14. The number of nitrogens with zero attached hydrogens (tertiary/aromatic N) is 2. The van der Waals surface area contributed by atoms with Gasteiger partial charge < -0.3 is 5.32 Å². The molecule has 1 N–H and O–H groups in total. The van der Waals surface area contributed by atoms with Crippen molar-refractivity contribution in [3.8, 4) is 0 Å². The summed E-state index contributed by atoms with van der Waals surface area (Å²) >= 11 is 0. The van der Waals surface area contributed by atoms with Crippen LogP contribution >= 0.6 is 0 Å². The van der Waals surface area contributed by atoms with Crippen molar-refractivity contribution in [2.24, 2.45) is 9.98 Å². The van der Waals surface area contributed by atoms with Crippen molar-refractivity contribution < 1.29 is 0 Å². The minimum Gasteiger partial charge on any atom is -0.369 e. The van der Waals surface area contributed by atoms with Crippen molar-refractivity contribution in [2.75, 3.05) is 6.54 Å². The van der Waals surface area contributed by atoms with E-state index < -0.39 is 0 Å². The Bertz CT molecular complexity index is 318. The van der Waals surface area contributed by atoms with Crippen LogP contribution in [0.1, 0.15) is 52.9 Å². The van der Waals surface area contributed by atoms with Gasteiger partial charge in [0.25, 0.3) is 0 Å². The quantitative estimate of drug-likeness (QED) is 0.520. The summed E-state index contributed by atoms with van der Waals surface area (Å²) in [7, 11) is 0. The Morgan fingerprint density at radius 3 is 2.94 bits per heavy atom. The van der Waals surface area contributed by atoms with E-state index in [0.717, 1.165) is 32.2 Å². The maximum atomic E-state index is 4.48. The monoisotopic (exact) mass is 249 g/mol. The third-order valence-electron chi connectivity index (χ3n) is 3.56. The Morgan fingerprint density at radius 2 is 2.39 bits per heavy atom. The predicted octanol–water partition coefficient (Wildman–Crippen LogP) is 3.36. The number of aliphatic imine (C=N–C) groups is 2. The third kappa shape index (κ3) is 5.03. The fourth-order valence-corrected chi connectivity index (χ4v) is 2.14. The zero-order chi connectivity index (χ0) is 13.4. The van der Waals surface area contributed by atoms with Crippen LogP contribution in [0.4, 0.5) is 0 Å². The molecule has 2 atom stereocenters. The molecule has 18 heavy (non-hydrogen) atoms. The Morgan fingerprint density at radius 1 is 1.61 bits per heavy atom. The third-order valence-corrected chi connectivity index (χ3v) is 3.56. The van der Waals surface area contributed by atoms with E-state index in [1.54, 1.807) is 0 Å². The van der Waals surface area contributed by atoms with Crippen LogP contribution in [0, 0.1) is 0 Å². The zero-order valence-electron chi connectivity index (χ0n) is 12.1. The molecule has 0 aromatic rings. The van der Waals surface area contributed by atoms with E-state index >= 15 is 0 Å². The van der Waals surface area contributed by atoms with E-state index in [4.69, 9.17) is 0 Å². The molecule has 1 heterocycles. The predicted molar refractivity (Wildman–Crippen MR) is 80.8 cm³/mol. The minimum atomic E-state index is 0.389. The van der Waals surface area contributed by atoms with Gasteiger partial charge in [0.05, 0.1) is 18.4 Å². The molecule has 0 saturated carbocycles. The van der Waals surface area contributed by atoms with E-state index in [1.165, 1.54) is 17.8 Å². The molecule has 3 heteroatoms. The lowest BCUT2D eigenvalue weighted by Crippen LogP contribution is -2.29. The molecular weight excluding hydrogens is 222 g/mol. The van der Waals surface area contributed by atoms with Gasteiger partial charge in [0.1, 0.15) is 0 Å². The van der Waals surface area contributed by atoms with Gasteiger partial charge in [-0.15, -0.1) is 0 Å². The topological polar surface area (TPSA) is 36.8 Å². The van der Waals surface area contributed by atoms with Crippen LogP contribution in [0.15, 0.2) is 21.6 Å². The van der Waals surface area contributed by atoms with Gasteiger partial charge in [0.2, 0.25) is 0 Å². The lowest BCUT2D eigenvalue weighted by molar-refractivity contribution is 0.594. The molecule has 0 radical (unpaired) electrons. The second-order valence-corrected chi connectivity index (χ2v) is 5.05. The summed E-state index contributed by atoms with van der Waals surface area (Å²) in [5.41, 5.74) is 1.46. The van der Waals surface area contributed by atoms with Gasteiger partial charge in [0, 0.05) is 12.5 Å². The van der Waals surface area contributed by atoms with Crippen LogP contribution in [0.25, 0.3) is 0 Å². The average molecular weight is 249 g/mol. The van der Waals surface area contributed by atoms with Crippen molar-refractivity contribution in [1.82, 2.24) is 5.32 Å². The van der Waals surface area contributed by atoms with Crippen molar-refractivity contribution in [1.29, 1.82) is 0 Å². The maximum absolute atomic E-state index is 4.48. The first-order chi connectivity index (χ1) is 8.69. The largest absolute Gasteiger partial charge is 0.369 e. The van der Waals surface area contributed by atoms with Gasteiger partial charge in [-0.2, -0.15) is 0 Å². The van der Waals surface area contributed by atoms with Crippen LogP contribution < -0.4 is 5.32 Å². The molecule has 0 aliphatic carbocycles. The van der Waals surface area contributed by atoms with E-state index in [9.17, 15) is 0 Å². The summed E-state index contributed by atoms with van der Waals surface area (Å²) in [4.78, 5) is 8.59. The number of amidine groups is 1. The van der Waals surface area contributed by atoms with E-state index in [2.05, 4.69) is 48.9 Å². The maximum Gasteiger partial charge on any atom is 0.0963 e. The number of rotatable bonds is 8. The summed E-state index contributed by atoms with van der Waals surface area (Å²) in [6.07, 6.45) is 7.77. The number of nitrogens with one attached hydrogen (secondary N) is 1. The summed E-state index contributed by atoms with van der Waals surface area (Å²) in [5.74, 6) is 1.17. The van der Waals surface area contributed by atoms with E-state index in [-0.39, 0.29) is 0 Å². The van der Waals surface area contributed by atoms with Crippen molar-refractivity contribution in [2.45, 2.75) is 65.0 Å². The van der Waals surface area contributed by atoms with Crippen LogP contribution in [-0.4, -0.2) is 31.2 Å². The highest BCUT2D eigenvalue weighted by Gasteiger charge is 2.15. The molecule has 0 fully saturated rings. The Labute approximate surface area is 111 Å². The molecule has 0 aromatic heterocycles. The lowest BCUT2D eigenvalue weighted by atomic mass is 10.0. The van der Waals surface area contributed by atoms with E-state index in [0.29, 0.717) is 12.1 Å². The van der Waals surface area contributed by atoms with Crippen LogP contribution in [0.5, 0.6) is 0 Å². The van der Waals surface area contributed by atoms with Crippen molar-refractivity contribution in [3.05, 3.63) is 11.6 Å². The fraction of sp³-hybridized carbons (Fsp3) is 0.733. The first-order valence-electron chi connectivity index (χ1n) is 7.10. The number of hydrogen-bond donors (Lipinski definition) is 1. The molecule has 0 bridgehead atoms. The zero-order valence-corrected chi connectivity index (χ0v) is 12.1. The summed E-state index contributed by atoms with van der Waals surface area (Å²) in [6.45, 7) is 11.1. The first-order valence-corrected chi connectivity index (χ1v) is 7.10. The standard InChI is InChI=1S/C15H27N3/c1-5-13(16-4)9-7-12(3)8-10-14-11-17-15(6-2)18-14/h7,13-14H,4-6,8-11H2,1-3H3,(H,17,18). The number of hydrogen-bond acceptors (Lipinski definition) is 3. The molecule has 0 saturated heterocycles. The molecule has 1 aliphatic rings. The van der Waals surface area contributed by atoms with Gasteiger partial charge in [0.15, 0.2) is 0 Å². The SMILES string of the molecule is C=NC(CC)CC=C(C)CCC1CN=C(CC)N1. The van der Waals surface area contributed by atoms with Gasteiger partial charge in [-0.1, -0.05) is 25.5 Å². The molecular formula is C15H27N3. The van der Waals surface area contributed by atoms with Crippen LogP contribution in [-0.2, 0) is 0 Å². The van der Waals surface area contributed by atoms with Crippen LogP contribution in [0.3, 0.4) is 0 Å². The van der Waals surface area contributed by atoms with Gasteiger partial charge in [-0.25, -0.2) is 0 Å². The smallest absolute Gasteiger partial charge is 0.0963 e. The van der Waals surface area contributed by atoms with Crippen molar-refractivity contribution in [3.63, 3.8) is 0 Å². The second kappa shape index (κ2) is 8.06. The van der Waals surface area contributed by atoms with Crippen molar-refractivity contribution >= 4 is 12.6 Å².